The van der Waals surface area contributed by atoms with E-state index in [0.29, 0.717) is 0 Å². The van der Waals surface area contributed by atoms with Gasteiger partial charge in [0.25, 0.3) is 0 Å². The maximum absolute atomic E-state index is 3.47. The molecule has 0 saturated carbocycles. The molecule has 96 valence electrons. The Hall–Kier alpha value is 0.270. The van der Waals surface area contributed by atoms with Gasteiger partial charge in [0, 0.05) is 0 Å². The van der Waals surface area contributed by atoms with Crippen LogP contribution in [0.4, 0.5) is 0 Å². The molecule has 0 aromatic rings. The lowest BCUT2D eigenvalue weighted by atomic mass is 9.96. The maximum atomic E-state index is 3.47. The van der Waals surface area contributed by atoms with Gasteiger partial charge in [-0.3, -0.25) is 0 Å². The van der Waals surface area contributed by atoms with Gasteiger partial charge in [0.2, 0.25) is 0 Å². The van der Waals surface area contributed by atoms with E-state index in [2.05, 4.69) is 23.4 Å². The molecule has 1 heterocycles. The zero-order chi connectivity index (χ0) is 11.6. The van der Waals surface area contributed by atoms with Gasteiger partial charge < -0.3 is 10.2 Å². The van der Waals surface area contributed by atoms with Crippen LogP contribution < -0.4 is 5.32 Å². The van der Waals surface area contributed by atoms with Crippen molar-refractivity contribution >= 4 is 11.8 Å². The first kappa shape index (κ1) is 14.3. The Labute approximate surface area is 106 Å². The topological polar surface area (TPSA) is 15.3 Å². The summed E-state index contributed by atoms with van der Waals surface area (Å²) in [7, 11) is 0. The van der Waals surface area contributed by atoms with Crippen LogP contribution in [0.15, 0.2) is 0 Å². The molecule has 0 aliphatic carbocycles. The summed E-state index contributed by atoms with van der Waals surface area (Å²) in [4.78, 5) is 2.66. The molecular weight excluding hydrogens is 216 g/mol. The van der Waals surface area contributed by atoms with Crippen LogP contribution in [0, 0.1) is 5.92 Å². The Balaban J connectivity index is 1.98. The third-order valence-corrected chi connectivity index (χ3v) is 4.16. The van der Waals surface area contributed by atoms with Gasteiger partial charge in [0.15, 0.2) is 0 Å². The van der Waals surface area contributed by atoms with Crippen LogP contribution in [0.25, 0.3) is 0 Å². The van der Waals surface area contributed by atoms with E-state index in [4.69, 9.17) is 0 Å². The Morgan fingerprint density at radius 3 is 2.62 bits per heavy atom. The molecule has 0 atom stereocenters. The largest absolute Gasteiger partial charge is 0.317 e. The van der Waals surface area contributed by atoms with Gasteiger partial charge in [-0.1, -0.05) is 6.92 Å². The second-order valence-corrected chi connectivity index (χ2v) is 5.78. The maximum Gasteiger partial charge on any atom is -0.00156 e. The van der Waals surface area contributed by atoms with E-state index in [1.54, 1.807) is 0 Å². The van der Waals surface area contributed by atoms with Gasteiger partial charge in [-0.05, 0) is 76.3 Å². The van der Waals surface area contributed by atoms with Gasteiger partial charge in [0.1, 0.15) is 0 Å². The number of likely N-dealkylation sites (tertiary alicyclic amines) is 1. The molecule has 0 spiro atoms. The van der Waals surface area contributed by atoms with Crippen molar-refractivity contribution in [1.29, 1.82) is 0 Å². The van der Waals surface area contributed by atoms with E-state index in [1.807, 2.05) is 11.8 Å². The van der Waals surface area contributed by atoms with Crippen molar-refractivity contribution in [2.75, 3.05) is 44.7 Å². The molecule has 1 N–H and O–H groups in total. The lowest BCUT2D eigenvalue weighted by Crippen LogP contribution is -2.37. The van der Waals surface area contributed by atoms with Gasteiger partial charge >= 0.3 is 0 Å². The number of thioether (sulfide) groups is 1. The summed E-state index contributed by atoms with van der Waals surface area (Å²) in [5.74, 6) is 2.26. The highest BCUT2D eigenvalue weighted by Crippen LogP contribution is 2.16. The highest BCUT2D eigenvalue weighted by atomic mass is 32.2. The van der Waals surface area contributed by atoms with E-state index in [1.165, 1.54) is 57.6 Å². The summed E-state index contributed by atoms with van der Waals surface area (Å²) in [5.41, 5.74) is 0. The minimum Gasteiger partial charge on any atom is -0.317 e. The monoisotopic (exact) mass is 244 g/mol. The van der Waals surface area contributed by atoms with Crippen LogP contribution in [0.3, 0.4) is 0 Å². The smallest absolute Gasteiger partial charge is 0.00156 e. The lowest BCUT2D eigenvalue weighted by Gasteiger charge is -2.32. The second kappa shape index (κ2) is 9.32. The molecule has 0 radical (unpaired) electrons. The van der Waals surface area contributed by atoms with E-state index in [9.17, 15) is 0 Å². The standard InChI is InChI=1S/C13H28N2S/c1-3-14-12-13-6-9-15(10-7-13)8-4-5-11-16-2/h13-14H,3-12H2,1-2H3. The van der Waals surface area contributed by atoms with Gasteiger partial charge in [-0.15, -0.1) is 0 Å². The highest BCUT2D eigenvalue weighted by molar-refractivity contribution is 7.98. The number of piperidine rings is 1. The lowest BCUT2D eigenvalue weighted by molar-refractivity contribution is 0.181. The molecule has 16 heavy (non-hydrogen) atoms. The third kappa shape index (κ3) is 6.12. The molecule has 0 amide bonds. The quantitative estimate of drug-likeness (QED) is 0.660. The fourth-order valence-corrected chi connectivity index (χ4v) is 2.84. The summed E-state index contributed by atoms with van der Waals surface area (Å²) in [5, 5.41) is 3.47. The molecule has 3 heteroatoms. The Morgan fingerprint density at radius 2 is 2.00 bits per heavy atom. The number of unbranched alkanes of at least 4 members (excludes halogenated alkanes) is 1. The molecule has 0 bridgehead atoms. The summed E-state index contributed by atoms with van der Waals surface area (Å²) < 4.78 is 0. The molecule has 1 saturated heterocycles. The van der Waals surface area contributed by atoms with Crippen molar-refractivity contribution in [3.63, 3.8) is 0 Å². The van der Waals surface area contributed by atoms with Crippen molar-refractivity contribution in [3.05, 3.63) is 0 Å². The van der Waals surface area contributed by atoms with Crippen LogP contribution in [-0.4, -0.2) is 49.6 Å². The van der Waals surface area contributed by atoms with Gasteiger partial charge in [-0.2, -0.15) is 11.8 Å². The minimum absolute atomic E-state index is 0.933. The predicted molar refractivity (Wildman–Crippen MR) is 75.3 cm³/mol. The first-order chi connectivity index (χ1) is 7.86. The van der Waals surface area contributed by atoms with Crippen LogP contribution in [0.5, 0.6) is 0 Å². The zero-order valence-electron chi connectivity index (χ0n) is 11.0. The predicted octanol–water partition coefficient (Wildman–Crippen LogP) is 2.45. The Morgan fingerprint density at radius 1 is 1.25 bits per heavy atom. The third-order valence-electron chi connectivity index (χ3n) is 3.46. The molecule has 1 aliphatic rings. The summed E-state index contributed by atoms with van der Waals surface area (Å²) in [6.45, 7) is 8.53. The van der Waals surface area contributed by atoms with Crippen molar-refractivity contribution in [2.24, 2.45) is 5.92 Å². The zero-order valence-corrected chi connectivity index (χ0v) is 11.8. The number of nitrogens with zero attached hydrogens (tertiary/aromatic N) is 1. The van der Waals surface area contributed by atoms with Crippen LogP contribution in [0.1, 0.15) is 32.6 Å². The summed E-state index contributed by atoms with van der Waals surface area (Å²) >= 11 is 1.97. The fourth-order valence-electron chi connectivity index (χ4n) is 2.34. The van der Waals surface area contributed by atoms with Crippen molar-refractivity contribution in [1.82, 2.24) is 10.2 Å². The molecule has 0 aromatic carbocycles. The molecule has 2 nitrogen and oxygen atoms in total. The average molecular weight is 244 g/mol. The second-order valence-electron chi connectivity index (χ2n) is 4.79. The SMILES string of the molecule is CCNCC1CCN(CCCCSC)CC1. The number of hydrogen-bond acceptors (Lipinski definition) is 3. The first-order valence-corrected chi connectivity index (χ1v) is 8.18. The van der Waals surface area contributed by atoms with Gasteiger partial charge in [-0.25, -0.2) is 0 Å². The molecular formula is C13H28N2S. The molecule has 1 fully saturated rings. The normalized spacial score (nSPS) is 19.1. The van der Waals surface area contributed by atoms with E-state index in [0.717, 1.165) is 12.5 Å². The number of rotatable bonds is 8. The number of nitrogens with one attached hydrogen (secondary N) is 1. The molecule has 0 aromatic heterocycles. The van der Waals surface area contributed by atoms with Gasteiger partial charge in [0.05, 0.1) is 0 Å². The first-order valence-electron chi connectivity index (χ1n) is 6.78. The summed E-state index contributed by atoms with van der Waals surface area (Å²) in [6, 6.07) is 0. The van der Waals surface area contributed by atoms with E-state index in [-0.39, 0.29) is 0 Å². The summed E-state index contributed by atoms with van der Waals surface area (Å²) in [6.07, 6.45) is 7.77. The van der Waals surface area contributed by atoms with Crippen molar-refractivity contribution in [3.8, 4) is 0 Å². The highest BCUT2D eigenvalue weighted by Gasteiger charge is 2.17. The molecule has 1 rings (SSSR count). The van der Waals surface area contributed by atoms with Crippen LogP contribution in [-0.2, 0) is 0 Å². The molecule has 0 unspecified atom stereocenters. The Bertz CT molecular complexity index is 156. The van der Waals surface area contributed by atoms with Crippen molar-refractivity contribution in [2.45, 2.75) is 32.6 Å². The van der Waals surface area contributed by atoms with Crippen LogP contribution >= 0.6 is 11.8 Å². The minimum atomic E-state index is 0.933. The Kier molecular flexibility index (Phi) is 8.34. The average Bonchev–Trinajstić information content (AvgIpc) is 2.33. The molecule has 1 aliphatic heterocycles. The van der Waals surface area contributed by atoms with E-state index < -0.39 is 0 Å². The fraction of sp³-hybridized carbons (Fsp3) is 1.00. The number of hydrogen-bond donors (Lipinski definition) is 1. The van der Waals surface area contributed by atoms with Crippen molar-refractivity contribution < 1.29 is 0 Å². The van der Waals surface area contributed by atoms with E-state index >= 15 is 0 Å². The van der Waals surface area contributed by atoms with Crippen LogP contribution in [0.2, 0.25) is 0 Å².